The molecule has 0 bridgehead atoms. The van der Waals surface area contributed by atoms with Crippen molar-refractivity contribution in [3.05, 3.63) is 11.6 Å². The highest BCUT2D eigenvalue weighted by Gasteiger charge is 2.38. The van der Waals surface area contributed by atoms with E-state index in [1.807, 2.05) is 40.7 Å². The van der Waals surface area contributed by atoms with Gasteiger partial charge in [0, 0.05) is 0 Å². The van der Waals surface area contributed by atoms with Crippen LogP contribution in [0.15, 0.2) is 11.6 Å². The topological polar surface area (TPSA) is 52.6 Å². The highest BCUT2D eigenvalue weighted by molar-refractivity contribution is 5.83. The fourth-order valence-electron chi connectivity index (χ4n) is 2.31. The van der Waals surface area contributed by atoms with Crippen molar-refractivity contribution in [2.24, 2.45) is 11.8 Å². The maximum atomic E-state index is 12.3. The summed E-state index contributed by atoms with van der Waals surface area (Å²) in [6.45, 7) is 9.67. The fourth-order valence-corrected chi connectivity index (χ4v) is 2.31. The second-order valence-corrected chi connectivity index (χ2v) is 6.01. The van der Waals surface area contributed by atoms with Crippen molar-refractivity contribution in [1.82, 2.24) is 0 Å². The van der Waals surface area contributed by atoms with Gasteiger partial charge in [-0.05, 0) is 46.5 Å². The Morgan fingerprint density at radius 2 is 1.57 bits per heavy atom. The summed E-state index contributed by atoms with van der Waals surface area (Å²) in [5.41, 5.74) is 1.13. The van der Waals surface area contributed by atoms with Gasteiger partial charge >= 0.3 is 11.9 Å². The third kappa shape index (κ3) is 5.18. The van der Waals surface area contributed by atoms with Crippen LogP contribution in [0.3, 0.4) is 0 Å². The van der Waals surface area contributed by atoms with Gasteiger partial charge in [0.25, 0.3) is 0 Å². The molecule has 4 nitrogen and oxygen atoms in total. The third-order valence-electron chi connectivity index (χ3n) is 4.14. The molecule has 0 saturated carbocycles. The van der Waals surface area contributed by atoms with Crippen molar-refractivity contribution in [1.29, 1.82) is 0 Å². The lowest BCUT2D eigenvalue weighted by Gasteiger charge is -2.29. The molecule has 1 aliphatic carbocycles. The molecule has 0 heterocycles. The van der Waals surface area contributed by atoms with Gasteiger partial charge in [-0.25, -0.2) is 0 Å². The lowest BCUT2D eigenvalue weighted by Crippen LogP contribution is -2.36. The lowest BCUT2D eigenvalue weighted by molar-refractivity contribution is -0.166. The highest BCUT2D eigenvalue weighted by atomic mass is 16.6. The smallest absolute Gasteiger partial charge is 0.310 e. The van der Waals surface area contributed by atoms with Crippen molar-refractivity contribution < 1.29 is 19.1 Å². The monoisotopic (exact) mass is 296 g/mol. The summed E-state index contributed by atoms with van der Waals surface area (Å²) < 4.78 is 10.8. The summed E-state index contributed by atoms with van der Waals surface area (Å²) in [5, 5.41) is 0. The van der Waals surface area contributed by atoms with E-state index in [9.17, 15) is 9.59 Å². The van der Waals surface area contributed by atoms with E-state index in [0.29, 0.717) is 12.8 Å². The first-order valence-corrected chi connectivity index (χ1v) is 7.95. The van der Waals surface area contributed by atoms with Crippen LogP contribution < -0.4 is 0 Å². The second kappa shape index (κ2) is 8.20. The molecule has 4 heteroatoms. The van der Waals surface area contributed by atoms with Gasteiger partial charge in [-0.2, -0.15) is 0 Å². The van der Waals surface area contributed by atoms with Crippen LogP contribution in [-0.2, 0) is 19.1 Å². The molecular weight excluding hydrogens is 268 g/mol. The van der Waals surface area contributed by atoms with Crippen molar-refractivity contribution in [2.45, 2.75) is 72.5 Å². The summed E-state index contributed by atoms with van der Waals surface area (Å²) >= 11 is 0. The Kier molecular flexibility index (Phi) is 6.93. The minimum Gasteiger partial charge on any atom is -0.462 e. The zero-order valence-corrected chi connectivity index (χ0v) is 13.8. The van der Waals surface area contributed by atoms with E-state index < -0.39 is 11.8 Å². The molecule has 0 aromatic heterocycles. The molecule has 0 fully saturated rings. The Labute approximate surface area is 127 Å². The van der Waals surface area contributed by atoms with Crippen LogP contribution in [0.2, 0.25) is 0 Å². The third-order valence-corrected chi connectivity index (χ3v) is 4.14. The molecule has 4 unspecified atom stereocenters. The molecule has 1 rings (SSSR count). The Balaban J connectivity index is 2.79. The normalized spacial score (nSPS) is 24.7. The second-order valence-electron chi connectivity index (χ2n) is 6.01. The number of esters is 2. The summed E-state index contributed by atoms with van der Waals surface area (Å²) in [7, 11) is 0. The van der Waals surface area contributed by atoms with Gasteiger partial charge in [0.2, 0.25) is 0 Å². The fraction of sp³-hybridized carbons (Fsp3) is 0.765. The van der Waals surface area contributed by atoms with Gasteiger partial charge in [0.15, 0.2) is 0 Å². The quantitative estimate of drug-likeness (QED) is 0.554. The molecule has 4 atom stereocenters. The van der Waals surface area contributed by atoms with Crippen LogP contribution in [0.5, 0.6) is 0 Å². The molecule has 0 aromatic rings. The van der Waals surface area contributed by atoms with E-state index in [-0.39, 0.29) is 24.1 Å². The number of hydrogen-bond donors (Lipinski definition) is 0. The SMILES string of the molecule is CCC(C)OC(=O)C1CC=C(C)CC1C(=O)OC(C)CC. The van der Waals surface area contributed by atoms with Crippen LogP contribution in [0, 0.1) is 11.8 Å². The van der Waals surface area contributed by atoms with Crippen molar-refractivity contribution in [3.8, 4) is 0 Å². The van der Waals surface area contributed by atoms with Crippen LogP contribution in [0.1, 0.15) is 60.3 Å². The van der Waals surface area contributed by atoms with E-state index in [2.05, 4.69) is 0 Å². The number of hydrogen-bond acceptors (Lipinski definition) is 4. The summed E-state index contributed by atoms with van der Waals surface area (Å²) in [4.78, 5) is 24.6. The number of carbonyl (C=O) groups is 2. The van der Waals surface area contributed by atoms with Crippen LogP contribution in [-0.4, -0.2) is 24.1 Å². The summed E-state index contributed by atoms with van der Waals surface area (Å²) in [6, 6.07) is 0. The first kappa shape index (κ1) is 17.7. The molecule has 0 N–H and O–H groups in total. The van der Waals surface area contributed by atoms with Gasteiger partial charge in [-0.1, -0.05) is 25.5 Å². The standard InChI is InChI=1S/C17H28O4/c1-6-12(4)20-16(18)14-9-8-11(3)10-15(14)17(19)21-13(5)7-2/h8,12-15H,6-7,9-10H2,1-5H3. The van der Waals surface area contributed by atoms with E-state index in [4.69, 9.17) is 9.47 Å². The van der Waals surface area contributed by atoms with Crippen LogP contribution in [0.25, 0.3) is 0 Å². The van der Waals surface area contributed by atoms with E-state index in [1.165, 1.54) is 0 Å². The lowest BCUT2D eigenvalue weighted by atomic mass is 9.80. The van der Waals surface area contributed by atoms with Crippen LogP contribution in [0.4, 0.5) is 0 Å². The molecule has 0 saturated heterocycles. The molecule has 0 aromatic carbocycles. The van der Waals surface area contributed by atoms with Gasteiger partial charge in [0.05, 0.1) is 24.0 Å². The minimum absolute atomic E-state index is 0.115. The molecule has 0 spiro atoms. The average Bonchev–Trinajstić information content (AvgIpc) is 2.46. The van der Waals surface area contributed by atoms with Gasteiger partial charge in [-0.3, -0.25) is 9.59 Å². The Morgan fingerprint density at radius 1 is 1.10 bits per heavy atom. The number of carbonyl (C=O) groups excluding carboxylic acids is 2. The number of allylic oxidation sites excluding steroid dienone is 2. The first-order chi connectivity index (χ1) is 9.88. The molecule has 0 aliphatic heterocycles. The molecule has 120 valence electrons. The predicted octanol–water partition coefficient (Wildman–Crippen LogP) is 3.64. The minimum atomic E-state index is -0.417. The Bertz CT molecular complexity index is 400. The number of ether oxygens (including phenoxy) is 2. The maximum absolute atomic E-state index is 12.3. The van der Waals surface area contributed by atoms with Crippen LogP contribution >= 0.6 is 0 Å². The molecule has 1 aliphatic rings. The van der Waals surface area contributed by atoms with Gasteiger partial charge < -0.3 is 9.47 Å². The molecule has 21 heavy (non-hydrogen) atoms. The number of rotatable bonds is 6. The summed E-state index contributed by atoms with van der Waals surface area (Å²) in [6.07, 6.45) is 4.47. The van der Waals surface area contributed by atoms with E-state index in [1.54, 1.807) is 0 Å². The predicted molar refractivity (Wildman–Crippen MR) is 81.7 cm³/mol. The van der Waals surface area contributed by atoms with Gasteiger partial charge in [-0.15, -0.1) is 0 Å². The zero-order chi connectivity index (χ0) is 16.0. The molecule has 0 amide bonds. The van der Waals surface area contributed by atoms with E-state index >= 15 is 0 Å². The Hall–Kier alpha value is -1.32. The van der Waals surface area contributed by atoms with Crippen molar-refractivity contribution >= 4 is 11.9 Å². The van der Waals surface area contributed by atoms with Crippen molar-refractivity contribution in [2.75, 3.05) is 0 Å². The molecular formula is C17H28O4. The first-order valence-electron chi connectivity index (χ1n) is 7.95. The zero-order valence-electron chi connectivity index (χ0n) is 13.8. The summed E-state index contributed by atoms with van der Waals surface area (Å²) in [5.74, 6) is -1.39. The van der Waals surface area contributed by atoms with Crippen molar-refractivity contribution in [3.63, 3.8) is 0 Å². The van der Waals surface area contributed by atoms with E-state index in [0.717, 1.165) is 18.4 Å². The highest BCUT2D eigenvalue weighted by Crippen LogP contribution is 2.32. The largest absolute Gasteiger partial charge is 0.462 e. The molecule has 0 radical (unpaired) electrons. The maximum Gasteiger partial charge on any atom is 0.310 e. The van der Waals surface area contributed by atoms with Gasteiger partial charge in [0.1, 0.15) is 0 Å². The average molecular weight is 296 g/mol. The Morgan fingerprint density at radius 3 is 2.05 bits per heavy atom.